The molecule has 7 nitrogen and oxygen atoms in total. The monoisotopic (exact) mass is 571 g/mol. The molecule has 2 aliphatic rings. The lowest BCUT2D eigenvalue weighted by atomic mass is 9.83. The van der Waals surface area contributed by atoms with Gasteiger partial charge in [-0.1, -0.05) is 78.1 Å². The Morgan fingerprint density at radius 1 is 0.929 bits per heavy atom. The van der Waals surface area contributed by atoms with Gasteiger partial charge in [-0.05, 0) is 71.0 Å². The first kappa shape index (κ1) is 25.9. The number of aromatic nitrogens is 1. The van der Waals surface area contributed by atoms with Crippen molar-refractivity contribution in [2.45, 2.75) is 25.5 Å². The van der Waals surface area contributed by atoms with Crippen LogP contribution in [0.5, 0.6) is 5.75 Å². The van der Waals surface area contributed by atoms with Crippen molar-refractivity contribution in [1.82, 2.24) is 4.57 Å². The van der Waals surface area contributed by atoms with E-state index in [9.17, 15) is 14.9 Å². The van der Waals surface area contributed by atoms with Crippen LogP contribution >= 0.6 is 11.3 Å². The number of allylic oxidation sites excluding steroid dienone is 1. The van der Waals surface area contributed by atoms with Gasteiger partial charge in [0.05, 0.1) is 21.2 Å². The quantitative estimate of drug-likeness (QED) is 0.190. The van der Waals surface area contributed by atoms with E-state index in [-0.39, 0.29) is 17.3 Å². The van der Waals surface area contributed by atoms with Crippen molar-refractivity contribution in [3.8, 4) is 5.75 Å². The van der Waals surface area contributed by atoms with Gasteiger partial charge in [-0.25, -0.2) is 4.99 Å². The number of non-ortho nitro benzene ring substituents is 1. The zero-order chi connectivity index (χ0) is 28.6. The van der Waals surface area contributed by atoms with Gasteiger partial charge in [0, 0.05) is 17.7 Å². The first-order chi connectivity index (χ1) is 20.5. The van der Waals surface area contributed by atoms with Gasteiger partial charge < -0.3 is 4.74 Å². The van der Waals surface area contributed by atoms with Gasteiger partial charge in [-0.3, -0.25) is 19.5 Å². The summed E-state index contributed by atoms with van der Waals surface area (Å²) in [5.41, 5.74) is 7.44. The Bertz CT molecular complexity index is 2030. The van der Waals surface area contributed by atoms with Gasteiger partial charge >= 0.3 is 0 Å². The highest BCUT2D eigenvalue weighted by Crippen LogP contribution is 2.41. The summed E-state index contributed by atoms with van der Waals surface area (Å²) in [6.07, 6.45) is 3.69. The predicted molar refractivity (Wildman–Crippen MR) is 163 cm³/mol. The Labute approximate surface area is 245 Å². The second-order valence-electron chi connectivity index (χ2n) is 10.3. The first-order valence-electron chi connectivity index (χ1n) is 13.7. The van der Waals surface area contributed by atoms with Gasteiger partial charge in [-0.2, -0.15) is 0 Å². The van der Waals surface area contributed by atoms with E-state index in [1.54, 1.807) is 12.1 Å². The summed E-state index contributed by atoms with van der Waals surface area (Å²) < 4.78 is 8.35. The molecule has 2 heterocycles. The molecule has 0 radical (unpaired) electrons. The highest BCUT2D eigenvalue weighted by atomic mass is 32.1. The molecule has 0 saturated carbocycles. The molecule has 1 aliphatic carbocycles. The largest absolute Gasteiger partial charge is 0.489 e. The van der Waals surface area contributed by atoms with Crippen molar-refractivity contribution in [2.75, 3.05) is 0 Å². The summed E-state index contributed by atoms with van der Waals surface area (Å²) in [6, 6.07) is 32.3. The number of nitro groups is 1. The molecule has 4 aromatic carbocycles. The van der Waals surface area contributed by atoms with Crippen LogP contribution in [0.4, 0.5) is 5.69 Å². The summed E-state index contributed by atoms with van der Waals surface area (Å²) >= 11 is 1.42. The van der Waals surface area contributed by atoms with Crippen LogP contribution in [0.3, 0.4) is 0 Å². The third-order valence-corrected chi connectivity index (χ3v) is 8.70. The summed E-state index contributed by atoms with van der Waals surface area (Å²) in [4.78, 5) is 30.1. The fourth-order valence-corrected chi connectivity index (χ4v) is 6.65. The number of nitrogens with zero attached hydrogens (tertiary/aromatic N) is 3. The van der Waals surface area contributed by atoms with Gasteiger partial charge in [0.1, 0.15) is 12.4 Å². The number of rotatable bonds is 6. The Morgan fingerprint density at radius 2 is 1.67 bits per heavy atom. The minimum Gasteiger partial charge on any atom is -0.489 e. The molecule has 0 saturated heterocycles. The molecule has 5 aromatic rings. The van der Waals surface area contributed by atoms with Crippen LogP contribution in [0.2, 0.25) is 0 Å². The Kier molecular flexibility index (Phi) is 6.60. The van der Waals surface area contributed by atoms with Gasteiger partial charge in [0.2, 0.25) is 0 Å². The smallest absolute Gasteiger partial charge is 0.271 e. The first-order valence-corrected chi connectivity index (χ1v) is 14.5. The van der Waals surface area contributed by atoms with Crippen molar-refractivity contribution >= 4 is 28.8 Å². The minimum atomic E-state index is -0.421. The second kappa shape index (κ2) is 10.7. The summed E-state index contributed by atoms with van der Waals surface area (Å²) in [5.74, 6) is 0.669. The van der Waals surface area contributed by atoms with Crippen LogP contribution in [0.15, 0.2) is 118 Å². The molecule has 42 heavy (non-hydrogen) atoms. The molecule has 8 heteroatoms. The molecule has 206 valence electrons. The number of thiazole rings is 1. The lowest BCUT2D eigenvalue weighted by Crippen LogP contribution is -2.38. The van der Waals surface area contributed by atoms with Gasteiger partial charge in [-0.15, -0.1) is 0 Å². The van der Waals surface area contributed by atoms with E-state index in [1.807, 2.05) is 53.1 Å². The summed E-state index contributed by atoms with van der Waals surface area (Å²) in [6.45, 7) is 0.295. The molecule has 1 atom stereocenters. The van der Waals surface area contributed by atoms with Crippen LogP contribution in [-0.2, 0) is 13.0 Å². The Hall–Kier alpha value is -5.08. The highest BCUT2D eigenvalue weighted by molar-refractivity contribution is 7.07. The summed E-state index contributed by atoms with van der Waals surface area (Å²) in [5, 5.41) is 10.9. The molecule has 0 bridgehead atoms. The topological polar surface area (TPSA) is 86.7 Å². The third kappa shape index (κ3) is 4.76. The lowest BCUT2D eigenvalue weighted by molar-refractivity contribution is -0.384. The number of hydrogen-bond donors (Lipinski definition) is 0. The standard InChI is InChI=1S/C34H25N3O4S/c38-33-30(20-22-12-17-27(18-13-22)41-21-23-10-15-26(16-11-23)37(39)40)42-34-35-31-28-9-5-4-6-24(28)14-19-29(31)32(36(33)34)25-7-2-1-3-8-25/h1-13,15-18,20,32H,14,19,21H2/b30-20-/t32-/m1/s1. The molecule has 0 fully saturated rings. The lowest BCUT2D eigenvalue weighted by Gasteiger charge is -2.30. The van der Waals surface area contributed by atoms with Crippen molar-refractivity contribution in [3.63, 3.8) is 0 Å². The number of nitro benzene ring substituents is 1. The maximum Gasteiger partial charge on any atom is 0.271 e. The minimum absolute atomic E-state index is 0.0449. The second-order valence-corrected chi connectivity index (χ2v) is 11.3. The maximum atomic E-state index is 13.9. The molecule has 1 aromatic heterocycles. The van der Waals surface area contributed by atoms with Crippen LogP contribution in [0.1, 0.15) is 40.3 Å². The number of aryl methyl sites for hydroxylation is 1. The number of benzene rings is 4. The van der Waals surface area contributed by atoms with Crippen LogP contribution < -0.4 is 19.6 Å². The highest BCUT2D eigenvalue weighted by Gasteiger charge is 2.32. The van der Waals surface area contributed by atoms with Gasteiger partial charge in [0.15, 0.2) is 4.80 Å². The molecule has 0 amide bonds. The Balaban J connectivity index is 1.22. The van der Waals surface area contributed by atoms with Crippen LogP contribution in [0, 0.1) is 10.1 Å². The van der Waals surface area contributed by atoms with E-state index in [4.69, 9.17) is 9.73 Å². The average Bonchev–Trinajstić information content (AvgIpc) is 3.34. The fourth-order valence-electron chi connectivity index (χ4n) is 5.65. The number of fused-ring (bicyclic) bond motifs is 3. The predicted octanol–water partition coefficient (Wildman–Crippen LogP) is 5.81. The van der Waals surface area contributed by atoms with E-state index in [0.29, 0.717) is 21.7 Å². The molecule has 0 unspecified atom stereocenters. The molecular formula is C34H25N3O4S. The van der Waals surface area contributed by atoms with Crippen molar-refractivity contribution < 1.29 is 9.66 Å². The average molecular weight is 572 g/mol. The fraction of sp³-hybridized carbons (Fsp3) is 0.118. The van der Waals surface area contributed by atoms with Crippen molar-refractivity contribution in [2.24, 2.45) is 4.99 Å². The van der Waals surface area contributed by atoms with E-state index in [0.717, 1.165) is 40.8 Å². The van der Waals surface area contributed by atoms with E-state index in [1.165, 1.54) is 34.6 Å². The number of ether oxygens (including phenoxy) is 1. The van der Waals surface area contributed by atoms with E-state index in [2.05, 4.69) is 36.4 Å². The normalized spacial score (nSPS) is 15.8. The maximum absolute atomic E-state index is 13.9. The molecule has 0 N–H and O–H groups in total. The van der Waals surface area contributed by atoms with Crippen LogP contribution in [-0.4, -0.2) is 9.49 Å². The zero-order valence-electron chi connectivity index (χ0n) is 22.5. The van der Waals surface area contributed by atoms with E-state index >= 15 is 0 Å². The molecular weight excluding hydrogens is 546 g/mol. The SMILES string of the molecule is O=c1/c(=C/c2ccc(OCc3ccc([N+](=O)[O-])cc3)cc2)sc2n1[C@H](c1ccccc1)C1=C(N=2)c2ccccc2CC1. The van der Waals surface area contributed by atoms with E-state index < -0.39 is 4.92 Å². The van der Waals surface area contributed by atoms with Gasteiger partial charge in [0.25, 0.3) is 11.2 Å². The number of hydrogen-bond acceptors (Lipinski definition) is 6. The third-order valence-electron chi connectivity index (χ3n) is 7.72. The Morgan fingerprint density at radius 3 is 2.43 bits per heavy atom. The van der Waals surface area contributed by atoms with Crippen LogP contribution in [0.25, 0.3) is 11.8 Å². The molecule has 7 rings (SSSR count). The van der Waals surface area contributed by atoms with Crippen molar-refractivity contribution in [3.05, 3.63) is 166 Å². The zero-order valence-corrected chi connectivity index (χ0v) is 23.3. The summed E-state index contributed by atoms with van der Waals surface area (Å²) in [7, 11) is 0. The molecule has 0 spiro atoms. The molecule has 1 aliphatic heterocycles. The van der Waals surface area contributed by atoms with Crippen molar-refractivity contribution in [1.29, 1.82) is 0 Å².